The summed E-state index contributed by atoms with van der Waals surface area (Å²) in [7, 11) is 0. The molecule has 1 aromatic heterocycles. The fourth-order valence-electron chi connectivity index (χ4n) is 1.72. The third kappa shape index (κ3) is 4.28. The summed E-state index contributed by atoms with van der Waals surface area (Å²) in [5.41, 5.74) is 1.43. The second kappa shape index (κ2) is 6.85. The lowest BCUT2D eigenvalue weighted by molar-refractivity contribution is 0.0697. The van der Waals surface area contributed by atoms with Crippen LogP contribution in [-0.2, 0) is 6.42 Å². The van der Waals surface area contributed by atoms with E-state index in [9.17, 15) is 9.59 Å². The number of hydrogen-bond donors (Lipinski definition) is 3. The number of amides is 2. The molecule has 1 heterocycles. The summed E-state index contributed by atoms with van der Waals surface area (Å²) >= 11 is 1.54. The Balaban J connectivity index is 1.90. The molecule has 2 rings (SSSR count). The maximum absolute atomic E-state index is 11.8. The molecule has 1 aromatic carbocycles. The van der Waals surface area contributed by atoms with Crippen LogP contribution < -0.4 is 10.6 Å². The highest BCUT2D eigenvalue weighted by Crippen LogP contribution is 2.16. The Morgan fingerprint density at radius 1 is 1.38 bits per heavy atom. The predicted molar refractivity (Wildman–Crippen MR) is 81.0 cm³/mol. The molecule has 2 aromatic rings. The summed E-state index contributed by atoms with van der Waals surface area (Å²) in [5.74, 6) is -1.03. The number of aryl methyl sites for hydroxylation is 1. The largest absolute Gasteiger partial charge is 0.478 e. The van der Waals surface area contributed by atoms with Crippen LogP contribution in [0.1, 0.15) is 20.9 Å². The van der Waals surface area contributed by atoms with Crippen LogP contribution >= 0.6 is 11.3 Å². The van der Waals surface area contributed by atoms with E-state index < -0.39 is 5.97 Å². The van der Waals surface area contributed by atoms with Crippen molar-refractivity contribution in [1.29, 1.82) is 0 Å². The second-order valence-corrected chi connectivity index (χ2v) is 5.37. The van der Waals surface area contributed by atoms with Crippen LogP contribution in [-0.4, -0.2) is 28.6 Å². The van der Waals surface area contributed by atoms with Gasteiger partial charge in [-0.1, -0.05) is 6.07 Å². The SMILES string of the molecule is Cc1ccc(C(=O)O)cc1NC(=O)NCCc1nccs1. The monoisotopic (exact) mass is 305 g/mol. The van der Waals surface area contributed by atoms with Crippen LogP contribution in [0.25, 0.3) is 0 Å². The molecule has 0 bridgehead atoms. The van der Waals surface area contributed by atoms with Crippen molar-refractivity contribution in [2.24, 2.45) is 0 Å². The van der Waals surface area contributed by atoms with Crippen molar-refractivity contribution in [2.45, 2.75) is 13.3 Å². The van der Waals surface area contributed by atoms with Gasteiger partial charge in [-0.25, -0.2) is 14.6 Å². The Bertz CT molecular complexity index is 641. The zero-order valence-corrected chi connectivity index (χ0v) is 12.2. The molecule has 0 aliphatic carbocycles. The molecule has 0 spiro atoms. The zero-order valence-electron chi connectivity index (χ0n) is 11.4. The second-order valence-electron chi connectivity index (χ2n) is 4.39. The van der Waals surface area contributed by atoms with E-state index in [4.69, 9.17) is 5.11 Å². The van der Waals surface area contributed by atoms with Gasteiger partial charge < -0.3 is 15.7 Å². The molecule has 0 saturated carbocycles. The molecule has 21 heavy (non-hydrogen) atoms. The number of nitrogens with zero attached hydrogens (tertiary/aromatic N) is 1. The number of carbonyl (C=O) groups is 2. The highest BCUT2D eigenvalue weighted by Gasteiger charge is 2.08. The third-order valence-corrected chi connectivity index (χ3v) is 3.68. The van der Waals surface area contributed by atoms with Gasteiger partial charge >= 0.3 is 12.0 Å². The number of carboxylic acid groups (broad SMARTS) is 1. The van der Waals surface area contributed by atoms with Gasteiger partial charge in [-0.15, -0.1) is 11.3 Å². The Hall–Kier alpha value is -2.41. The Kier molecular flexibility index (Phi) is 4.89. The average Bonchev–Trinajstić information content (AvgIpc) is 2.94. The minimum atomic E-state index is -1.03. The maximum atomic E-state index is 11.8. The molecule has 0 saturated heterocycles. The number of hydrogen-bond acceptors (Lipinski definition) is 4. The zero-order chi connectivity index (χ0) is 15.2. The molecule has 7 heteroatoms. The van der Waals surface area contributed by atoms with Crippen LogP contribution in [0.4, 0.5) is 10.5 Å². The molecule has 110 valence electrons. The van der Waals surface area contributed by atoms with Crippen molar-refractivity contribution >= 4 is 29.0 Å². The first kappa shape index (κ1) is 15.0. The fourth-order valence-corrected chi connectivity index (χ4v) is 2.34. The van der Waals surface area contributed by atoms with Crippen molar-refractivity contribution in [3.63, 3.8) is 0 Å². The average molecular weight is 305 g/mol. The number of carboxylic acids is 1. The van der Waals surface area contributed by atoms with E-state index in [0.29, 0.717) is 18.7 Å². The molecular formula is C14H15N3O3S. The van der Waals surface area contributed by atoms with Crippen LogP contribution in [0.2, 0.25) is 0 Å². The van der Waals surface area contributed by atoms with Gasteiger partial charge in [-0.3, -0.25) is 0 Å². The van der Waals surface area contributed by atoms with E-state index in [1.165, 1.54) is 23.5 Å². The van der Waals surface area contributed by atoms with E-state index in [2.05, 4.69) is 15.6 Å². The van der Waals surface area contributed by atoms with E-state index in [1.54, 1.807) is 19.2 Å². The topological polar surface area (TPSA) is 91.3 Å². The van der Waals surface area contributed by atoms with Crippen molar-refractivity contribution in [3.05, 3.63) is 45.9 Å². The Morgan fingerprint density at radius 2 is 2.19 bits per heavy atom. The number of anilines is 1. The van der Waals surface area contributed by atoms with Crippen molar-refractivity contribution in [3.8, 4) is 0 Å². The highest BCUT2D eigenvalue weighted by atomic mass is 32.1. The number of thiazole rings is 1. The summed E-state index contributed by atoms with van der Waals surface area (Å²) in [6.07, 6.45) is 2.39. The van der Waals surface area contributed by atoms with Crippen molar-refractivity contribution in [2.75, 3.05) is 11.9 Å². The summed E-state index contributed by atoms with van der Waals surface area (Å²) in [6.45, 7) is 2.27. The van der Waals surface area contributed by atoms with Gasteiger partial charge in [-0.2, -0.15) is 0 Å². The van der Waals surface area contributed by atoms with Crippen molar-refractivity contribution in [1.82, 2.24) is 10.3 Å². The lowest BCUT2D eigenvalue weighted by atomic mass is 10.1. The maximum Gasteiger partial charge on any atom is 0.335 e. The summed E-state index contributed by atoms with van der Waals surface area (Å²) in [4.78, 5) is 26.8. The highest BCUT2D eigenvalue weighted by molar-refractivity contribution is 7.09. The number of nitrogens with one attached hydrogen (secondary N) is 2. The molecule has 0 fully saturated rings. The molecule has 3 N–H and O–H groups in total. The lowest BCUT2D eigenvalue weighted by Gasteiger charge is -2.10. The number of rotatable bonds is 5. The number of aromatic carboxylic acids is 1. The molecule has 0 aliphatic rings. The first-order valence-electron chi connectivity index (χ1n) is 6.33. The molecule has 0 aliphatic heterocycles. The fraction of sp³-hybridized carbons (Fsp3) is 0.214. The van der Waals surface area contributed by atoms with Crippen LogP contribution in [0.5, 0.6) is 0 Å². The normalized spacial score (nSPS) is 10.1. The van der Waals surface area contributed by atoms with Gasteiger partial charge in [0.2, 0.25) is 0 Å². The number of aromatic nitrogens is 1. The third-order valence-electron chi connectivity index (χ3n) is 2.84. The van der Waals surface area contributed by atoms with E-state index in [0.717, 1.165) is 10.6 Å². The summed E-state index contributed by atoms with van der Waals surface area (Å²) in [5, 5.41) is 17.2. The summed E-state index contributed by atoms with van der Waals surface area (Å²) in [6, 6.07) is 4.24. The number of carbonyl (C=O) groups excluding carboxylic acids is 1. The minimum absolute atomic E-state index is 0.138. The number of benzene rings is 1. The quantitative estimate of drug-likeness (QED) is 0.791. The van der Waals surface area contributed by atoms with Crippen LogP contribution in [0.15, 0.2) is 29.8 Å². The summed E-state index contributed by atoms with van der Waals surface area (Å²) < 4.78 is 0. The van der Waals surface area contributed by atoms with E-state index in [-0.39, 0.29) is 11.6 Å². The minimum Gasteiger partial charge on any atom is -0.478 e. The van der Waals surface area contributed by atoms with Crippen LogP contribution in [0.3, 0.4) is 0 Å². The van der Waals surface area contributed by atoms with Gasteiger partial charge in [0, 0.05) is 30.2 Å². The Labute approximate surface area is 125 Å². The van der Waals surface area contributed by atoms with Gasteiger partial charge in [0.15, 0.2) is 0 Å². The van der Waals surface area contributed by atoms with Crippen LogP contribution in [0, 0.1) is 6.92 Å². The lowest BCUT2D eigenvalue weighted by Crippen LogP contribution is -2.30. The Morgan fingerprint density at radius 3 is 2.86 bits per heavy atom. The molecule has 2 amide bonds. The molecule has 0 unspecified atom stereocenters. The van der Waals surface area contributed by atoms with Gasteiger partial charge in [0.05, 0.1) is 10.6 Å². The first-order chi connectivity index (χ1) is 10.1. The van der Waals surface area contributed by atoms with Crippen molar-refractivity contribution < 1.29 is 14.7 Å². The van der Waals surface area contributed by atoms with Gasteiger partial charge in [-0.05, 0) is 24.6 Å². The number of urea groups is 1. The van der Waals surface area contributed by atoms with E-state index in [1.807, 2.05) is 5.38 Å². The van der Waals surface area contributed by atoms with Gasteiger partial charge in [0.1, 0.15) is 0 Å². The molecule has 6 nitrogen and oxygen atoms in total. The molecule has 0 atom stereocenters. The predicted octanol–water partition coefficient (Wildman–Crippen LogP) is 2.51. The molecular weight excluding hydrogens is 290 g/mol. The molecule has 0 radical (unpaired) electrons. The van der Waals surface area contributed by atoms with Gasteiger partial charge in [0.25, 0.3) is 0 Å². The first-order valence-corrected chi connectivity index (χ1v) is 7.21. The standard InChI is InChI=1S/C14H15N3O3S/c1-9-2-3-10(13(18)19)8-11(9)17-14(20)16-5-4-12-15-6-7-21-12/h2-3,6-8H,4-5H2,1H3,(H,18,19)(H2,16,17,20). The smallest absolute Gasteiger partial charge is 0.335 e. The van der Waals surface area contributed by atoms with E-state index >= 15 is 0 Å².